The zero-order chi connectivity index (χ0) is 25.7. The molecule has 8 heteroatoms. The zero-order valence-electron chi connectivity index (χ0n) is 21.6. The summed E-state index contributed by atoms with van der Waals surface area (Å²) in [4.78, 5) is 26.4. The molecule has 1 saturated carbocycles. The second-order valence-corrected chi connectivity index (χ2v) is 10.5. The minimum absolute atomic E-state index is 0.140. The van der Waals surface area contributed by atoms with E-state index in [1.54, 1.807) is 0 Å². The first-order chi connectivity index (χ1) is 17.4. The van der Waals surface area contributed by atoms with Crippen molar-refractivity contribution in [3.05, 3.63) is 30.0 Å². The van der Waals surface area contributed by atoms with Crippen LogP contribution in [0.2, 0.25) is 0 Å². The quantitative estimate of drug-likeness (QED) is 0.575. The van der Waals surface area contributed by atoms with Crippen LogP contribution in [-0.4, -0.2) is 47.8 Å². The fourth-order valence-corrected chi connectivity index (χ4v) is 5.34. The number of carbonyl (C=O) groups is 2. The SMILES string of the molecule is CC(C)CC(C#N)NC(=O)C1CCCCC1NC(=O)c1cc2ccc(OC3CCOCC3)cc2n1C. The van der Waals surface area contributed by atoms with Gasteiger partial charge in [0.2, 0.25) is 5.91 Å². The van der Waals surface area contributed by atoms with Gasteiger partial charge in [0.1, 0.15) is 23.6 Å². The molecular weight excluding hydrogens is 456 g/mol. The predicted molar refractivity (Wildman–Crippen MR) is 138 cm³/mol. The molecule has 2 fully saturated rings. The fraction of sp³-hybridized carbons (Fsp3) is 0.607. The maximum absolute atomic E-state index is 13.3. The van der Waals surface area contributed by atoms with Crippen molar-refractivity contribution >= 4 is 22.7 Å². The molecule has 2 N–H and O–H groups in total. The summed E-state index contributed by atoms with van der Waals surface area (Å²) in [7, 11) is 1.88. The molecule has 3 unspecified atom stereocenters. The number of amides is 2. The van der Waals surface area contributed by atoms with E-state index in [9.17, 15) is 14.9 Å². The van der Waals surface area contributed by atoms with E-state index in [1.165, 1.54) is 0 Å². The number of nitriles is 1. The largest absolute Gasteiger partial charge is 0.490 e. The van der Waals surface area contributed by atoms with E-state index in [0.29, 0.717) is 24.5 Å². The van der Waals surface area contributed by atoms with E-state index in [0.717, 1.165) is 62.0 Å². The molecule has 1 aromatic heterocycles. The highest BCUT2D eigenvalue weighted by Gasteiger charge is 2.33. The minimum atomic E-state index is -0.508. The predicted octanol–water partition coefficient (Wildman–Crippen LogP) is 4.08. The lowest BCUT2D eigenvalue weighted by atomic mass is 9.83. The summed E-state index contributed by atoms with van der Waals surface area (Å²) in [6, 6.07) is 9.23. The monoisotopic (exact) mass is 494 g/mol. The van der Waals surface area contributed by atoms with Gasteiger partial charge in [-0.1, -0.05) is 26.7 Å². The number of nitrogens with zero attached hydrogens (tertiary/aromatic N) is 2. The third kappa shape index (κ3) is 6.19. The minimum Gasteiger partial charge on any atom is -0.490 e. The van der Waals surface area contributed by atoms with Gasteiger partial charge in [-0.05, 0) is 43.4 Å². The molecular formula is C28H38N4O4. The van der Waals surface area contributed by atoms with Crippen LogP contribution in [0.5, 0.6) is 5.75 Å². The molecule has 3 atom stereocenters. The Balaban J connectivity index is 1.45. The van der Waals surface area contributed by atoms with Crippen LogP contribution >= 0.6 is 0 Å². The first kappa shape index (κ1) is 26.0. The van der Waals surface area contributed by atoms with Crippen molar-refractivity contribution in [1.82, 2.24) is 15.2 Å². The maximum atomic E-state index is 13.3. The van der Waals surface area contributed by atoms with Crippen LogP contribution < -0.4 is 15.4 Å². The molecule has 2 heterocycles. The number of ether oxygens (including phenoxy) is 2. The number of benzene rings is 1. The van der Waals surface area contributed by atoms with Gasteiger partial charge in [0.05, 0.1) is 30.7 Å². The summed E-state index contributed by atoms with van der Waals surface area (Å²) < 4.78 is 13.4. The number of fused-ring (bicyclic) bond motifs is 1. The normalized spacial score (nSPS) is 21.6. The molecule has 1 aliphatic heterocycles. The number of aryl methyl sites for hydroxylation is 1. The molecule has 1 saturated heterocycles. The lowest BCUT2D eigenvalue weighted by Crippen LogP contribution is -2.50. The third-order valence-corrected chi connectivity index (χ3v) is 7.32. The van der Waals surface area contributed by atoms with E-state index in [4.69, 9.17) is 9.47 Å². The molecule has 0 spiro atoms. The van der Waals surface area contributed by atoms with E-state index in [2.05, 4.69) is 16.7 Å². The van der Waals surface area contributed by atoms with Gasteiger partial charge in [0.25, 0.3) is 5.91 Å². The Morgan fingerprint density at radius 3 is 2.64 bits per heavy atom. The molecule has 36 heavy (non-hydrogen) atoms. The molecule has 0 bridgehead atoms. The third-order valence-electron chi connectivity index (χ3n) is 7.32. The summed E-state index contributed by atoms with van der Waals surface area (Å²) in [6.07, 6.45) is 5.87. The Bertz CT molecular complexity index is 1110. The second kappa shape index (κ2) is 11.8. The van der Waals surface area contributed by atoms with E-state index >= 15 is 0 Å². The smallest absolute Gasteiger partial charge is 0.268 e. The van der Waals surface area contributed by atoms with E-state index in [1.807, 2.05) is 49.7 Å². The molecule has 1 aliphatic carbocycles. The fourth-order valence-electron chi connectivity index (χ4n) is 5.34. The number of aromatic nitrogens is 1. The van der Waals surface area contributed by atoms with E-state index in [-0.39, 0.29) is 29.9 Å². The van der Waals surface area contributed by atoms with Crippen molar-refractivity contribution in [3.63, 3.8) is 0 Å². The number of nitrogens with one attached hydrogen (secondary N) is 2. The summed E-state index contributed by atoms with van der Waals surface area (Å²) in [6.45, 7) is 5.50. The average molecular weight is 495 g/mol. The van der Waals surface area contributed by atoms with Crippen LogP contribution in [0.4, 0.5) is 0 Å². The standard InChI is InChI=1S/C28H38N4O4/c1-18(2)14-20(17-29)30-27(33)23-6-4-5-7-24(23)31-28(34)26-15-19-8-9-22(16-25(19)32(26)3)36-21-10-12-35-13-11-21/h8-9,15-16,18,20-21,23-24H,4-7,10-14H2,1-3H3,(H,30,33)(H,31,34). The number of rotatable bonds is 8. The van der Waals surface area contributed by atoms with Gasteiger partial charge < -0.3 is 24.7 Å². The zero-order valence-corrected chi connectivity index (χ0v) is 21.6. The van der Waals surface area contributed by atoms with Gasteiger partial charge in [0.15, 0.2) is 0 Å². The van der Waals surface area contributed by atoms with Crippen LogP contribution in [0, 0.1) is 23.2 Å². The van der Waals surface area contributed by atoms with Crippen LogP contribution in [0.3, 0.4) is 0 Å². The first-order valence-corrected chi connectivity index (χ1v) is 13.2. The van der Waals surface area contributed by atoms with Gasteiger partial charge in [-0.25, -0.2) is 0 Å². The second-order valence-electron chi connectivity index (χ2n) is 10.5. The Morgan fingerprint density at radius 1 is 1.17 bits per heavy atom. The van der Waals surface area contributed by atoms with Gasteiger partial charge in [-0.3, -0.25) is 9.59 Å². The maximum Gasteiger partial charge on any atom is 0.268 e. The number of hydrogen-bond acceptors (Lipinski definition) is 5. The molecule has 2 aromatic rings. The van der Waals surface area contributed by atoms with Crippen molar-refractivity contribution in [3.8, 4) is 11.8 Å². The molecule has 194 valence electrons. The lowest BCUT2D eigenvalue weighted by molar-refractivity contribution is -0.127. The molecule has 0 radical (unpaired) electrons. The molecule has 4 rings (SSSR count). The van der Waals surface area contributed by atoms with Crippen LogP contribution in [0.25, 0.3) is 10.9 Å². The van der Waals surface area contributed by atoms with Gasteiger partial charge >= 0.3 is 0 Å². The summed E-state index contributed by atoms with van der Waals surface area (Å²) in [5, 5.41) is 16.4. The molecule has 8 nitrogen and oxygen atoms in total. The molecule has 2 amide bonds. The number of carbonyl (C=O) groups excluding carboxylic acids is 2. The van der Waals surface area contributed by atoms with Crippen LogP contribution in [0.1, 0.15) is 69.3 Å². The van der Waals surface area contributed by atoms with Crippen molar-refractivity contribution in [2.75, 3.05) is 13.2 Å². The molecule has 2 aliphatic rings. The highest BCUT2D eigenvalue weighted by Crippen LogP contribution is 2.28. The van der Waals surface area contributed by atoms with Gasteiger partial charge in [-0.2, -0.15) is 5.26 Å². The average Bonchev–Trinajstić information content (AvgIpc) is 3.20. The summed E-state index contributed by atoms with van der Waals surface area (Å²) in [5.74, 6) is 0.439. The van der Waals surface area contributed by atoms with Crippen molar-refractivity contribution in [1.29, 1.82) is 5.26 Å². The Kier molecular flexibility index (Phi) is 8.52. The lowest BCUT2D eigenvalue weighted by Gasteiger charge is -2.32. The number of hydrogen-bond donors (Lipinski definition) is 2. The van der Waals surface area contributed by atoms with Gasteiger partial charge in [0, 0.05) is 37.4 Å². The Morgan fingerprint density at radius 2 is 1.92 bits per heavy atom. The van der Waals surface area contributed by atoms with Crippen molar-refractivity contribution in [2.24, 2.45) is 18.9 Å². The van der Waals surface area contributed by atoms with Gasteiger partial charge in [-0.15, -0.1) is 0 Å². The topological polar surface area (TPSA) is 105 Å². The molecule has 1 aromatic carbocycles. The first-order valence-electron chi connectivity index (χ1n) is 13.2. The Labute approximate surface area is 213 Å². The van der Waals surface area contributed by atoms with E-state index < -0.39 is 6.04 Å². The van der Waals surface area contributed by atoms with Crippen LogP contribution in [0.15, 0.2) is 24.3 Å². The van der Waals surface area contributed by atoms with Crippen molar-refractivity contribution < 1.29 is 19.1 Å². The highest BCUT2D eigenvalue weighted by atomic mass is 16.5. The van der Waals surface area contributed by atoms with Crippen molar-refractivity contribution in [2.45, 2.75) is 77.0 Å². The van der Waals surface area contributed by atoms with Crippen LogP contribution in [-0.2, 0) is 16.6 Å². The summed E-state index contributed by atoms with van der Waals surface area (Å²) >= 11 is 0. The summed E-state index contributed by atoms with van der Waals surface area (Å²) in [5.41, 5.74) is 1.47. The Hall–Kier alpha value is -3.05. The highest BCUT2D eigenvalue weighted by molar-refractivity contribution is 5.99.